The number of carbonyl (C=O) groups is 2. The summed E-state index contributed by atoms with van der Waals surface area (Å²) in [5.41, 5.74) is 1.23. The molecular formula is C18H23N3O5S. The number of amides is 2. The molecule has 2 heterocycles. The van der Waals surface area contributed by atoms with Gasteiger partial charge in [-0.1, -0.05) is 12.1 Å². The van der Waals surface area contributed by atoms with Gasteiger partial charge in [-0.05, 0) is 24.1 Å². The third-order valence-corrected chi connectivity index (χ3v) is 6.54. The second kappa shape index (κ2) is 7.67. The molecule has 1 atom stereocenters. The van der Waals surface area contributed by atoms with Gasteiger partial charge in [-0.15, -0.1) is 0 Å². The highest BCUT2D eigenvalue weighted by Gasteiger charge is 2.37. The van der Waals surface area contributed by atoms with E-state index >= 15 is 0 Å². The zero-order chi connectivity index (χ0) is 19.6. The minimum atomic E-state index is -3.14. The lowest BCUT2D eigenvalue weighted by atomic mass is 10.1. The van der Waals surface area contributed by atoms with Gasteiger partial charge in [-0.3, -0.25) is 9.59 Å². The molecule has 0 bridgehead atoms. The average Bonchev–Trinajstić information content (AvgIpc) is 3.01. The van der Waals surface area contributed by atoms with E-state index in [0.29, 0.717) is 13.0 Å². The van der Waals surface area contributed by atoms with Gasteiger partial charge in [0.1, 0.15) is 11.5 Å². The molecule has 1 aromatic carbocycles. The van der Waals surface area contributed by atoms with Gasteiger partial charge in [0.25, 0.3) is 5.91 Å². The number of rotatable bonds is 5. The van der Waals surface area contributed by atoms with Crippen LogP contribution in [0, 0.1) is 0 Å². The third kappa shape index (κ3) is 4.47. The van der Waals surface area contributed by atoms with Crippen LogP contribution in [0.5, 0.6) is 5.75 Å². The SMILES string of the molecule is COc1ccc(CN(C)C(=O)C2=NN([C@@H]3CCS(=O)(=O)C3)C(=O)CC2)cc1. The molecule has 0 N–H and O–H groups in total. The first-order valence-corrected chi connectivity index (χ1v) is 10.6. The number of hydrazone groups is 1. The van der Waals surface area contributed by atoms with Crippen LogP contribution in [0.4, 0.5) is 0 Å². The summed E-state index contributed by atoms with van der Waals surface area (Å²) in [6, 6.07) is 6.94. The molecule has 0 saturated carbocycles. The van der Waals surface area contributed by atoms with Crippen molar-refractivity contribution in [2.45, 2.75) is 31.8 Å². The Morgan fingerprint density at radius 2 is 2.00 bits per heavy atom. The van der Waals surface area contributed by atoms with Crippen molar-refractivity contribution in [2.24, 2.45) is 5.10 Å². The molecule has 0 radical (unpaired) electrons. The van der Waals surface area contributed by atoms with Crippen LogP contribution in [-0.2, 0) is 26.0 Å². The molecule has 3 rings (SSSR count). The lowest BCUT2D eigenvalue weighted by molar-refractivity contribution is -0.134. The summed E-state index contributed by atoms with van der Waals surface area (Å²) in [4.78, 5) is 26.4. The zero-order valence-corrected chi connectivity index (χ0v) is 16.2. The molecule has 2 amide bonds. The number of sulfone groups is 1. The normalized spacial score (nSPS) is 21.7. The molecule has 0 unspecified atom stereocenters. The zero-order valence-electron chi connectivity index (χ0n) is 15.4. The minimum absolute atomic E-state index is 0.0532. The summed E-state index contributed by atoms with van der Waals surface area (Å²) >= 11 is 0. The molecule has 2 aliphatic heterocycles. The van der Waals surface area contributed by atoms with E-state index < -0.39 is 15.9 Å². The molecule has 27 heavy (non-hydrogen) atoms. The Hall–Kier alpha value is -2.42. The monoisotopic (exact) mass is 393 g/mol. The smallest absolute Gasteiger partial charge is 0.270 e. The number of benzene rings is 1. The van der Waals surface area contributed by atoms with Crippen LogP contribution in [0.15, 0.2) is 29.4 Å². The maximum absolute atomic E-state index is 12.7. The van der Waals surface area contributed by atoms with Crippen LogP contribution >= 0.6 is 0 Å². The summed E-state index contributed by atoms with van der Waals surface area (Å²) in [5, 5.41) is 5.44. The molecule has 146 valence electrons. The highest BCUT2D eigenvalue weighted by atomic mass is 32.2. The van der Waals surface area contributed by atoms with Gasteiger partial charge in [0.2, 0.25) is 5.91 Å². The summed E-state index contributed by atoms with van der Waals surface area (Å²) in [6.07, 6.45) is 0.790. The predicted molar refractivity (Wildman–Crippen MR) is 100 cm³/mol. The van der Waals surface area contributed by atoms with Crippen molar-refractivity contribution in [3.8, 4) is 5.75 Å². The van der Waals surface area contributed by atoms with E-state index in [2.05, 4.69) is 5.10 Å². The predicted octanol–water partition coefficient (Wildman–Crippen LogP) is 0.819. The van der Waals surface area contributed by atoms with Gasteiger partial charge in [0.15, 0.2) is 9.84 Å². The van der Waals surface area contributed by atoms with Crippen LogP contribution in [-0.4, -0.2) is 67.6 Å². The standard InChI is InChI=1S/C18H23N3O5S/c1-20(11-13-3-5-15(26-2)6-4-13)18(23)16-7-8-17(22)21(19-16)14-9-10-27(24,25)12-14/h3-6,14H,7-12H2,1-2H3/t14-/m1/s1. The maximum Gasteiger partial charge on any atom is 0.270 e. The van der Waals surface area contributed by atoms with Gasteiger partial charge in [0.05, 0.1) is 24.7 Å². The van der Waals surface area contributed by atoms with Crippen molar-refractivity contribution >= 4 is 27.4 Å². The Morgan fingerprint density at radius 3 is 2.59 bits per heavy atom. The molecule has 0 aromatic heterocycles. The summed E-state index contributed by atoms with van der Waals surface area (Å²) in [7, 11) is 0.131. The van der Waals surface area contributed by atoms with Gasteiger partial charge in [0, 0.05) is 26.4 Å². The fourth-order valence-electron chi connectivity index (χ4n) is 3.28. The van der Waals surface area contributed by atoms with Gasteiger partial charge in [-0.2, -0.15) is 5.10 Å². The molecule has 1 fully saturated rings. The molecule has 9 heteroatoms. The van der Waals surface area contributed by atoms with E-state index in [4.69, 9.17) is 4.74 Å². The highest BCUT2D eigenvalue weighted by molar-refractivity contribution is 7.91. The highest BCUT2D eigenvalue weighted by Crippen LogP contribution is 2.22. The maximum atomic E-state index is 12.7. The van der Waals surface area contributed by atoms with E-state index in [9.17, 15) is 18.0 Å². The van der Waals surface area contributed by atoms with Gasteiger partial charge < -0.3 is 9.64 Å². The van der Waals surface area contributed by atoms with Crippen LogP contribution in [0.2, 0.25) is 0 Å². The van der Waals surface area contributed by atoms with E-state index in [1.165, 1.54) is 5.01 Å². The Kier molecular flexibility index (Phi) is 5.50. The van der Waals surface area contributed by atoms with Crippen LogP contribution in [0.3, 0.4) is 0 Å². The largest absolute Gasteiger partial charge is 0.497 e. The molecule has 1 aromatic rings. The fourth-order valence-corrected chi connectivity index (χ4v) is 4.97. The van der Waals surface area contributed by atoms with Crippen LogP contribution < -0.4 is 4.74 Å². The van der Waals surface area contributed by atoms with E-state index in [0.717, 1.165) is 11.3 Å². The Labute approximate surface area is 158 Å². The van der Waals surface area contributed by atoms with Crippen molar-refractivity contribution in [1.29, 1.82) is 0 Å². The number of methoxy groups -OCH3 is 1. The Morgan fingerprint density at radius 1 is 1.30 bits per heavy atom. The first-order valence-electron chi connectivity index (χ1n) is 8.77. The van der Waals surface area contributed by atoms with E-state index in [1.807, 2.05) is 24.3 Å². The first kappa shape index (κ1) is 19.3. The molecule has 1 saturated heterocycles. The topological polar surface area (TPSA) is 96.3 Å². The Balaban J connectivity index is 1.70. The third-order valence-electron chi connectivity index (χ3n) is 4.79. The molecular weight excluding hydrogens is 370 g/mol. The van der Waals surface area contributed by atoms with E-state index in [-0.39, 0.29) is 41.9 Å². The summed E-state index contributed by atoms with van der Waals surface area (Å²) in [5.74, 6) is 0.212. The lowest BCUT2D eigenvalue weighted by Crippen LogP contribution is -2.44. The van der Waals surface area contributed by atoms with Crippen molar-refractivity contribution < 1.29 is 22.7 Å². The lowest BCUT2D eigenvalue weighted by Gasteiger charge is -2.29. The van der Waals surface area contributed by atoms with Gasteiger partial charge >= 0.3 is 0 Å². The van der Waals surface area contributed by atoms with Gasteiger partial charge in [-0.25, -0.2) is 13.4 Å². The number of carbonyl (C=O) groups excluding carboxylic acids is 2. The molecule has 0 aliphatic carbocycles. The first-order chi connectivity index (χ1) is 12.8. The van der Waals surface area contributed by atoms with Crippen molar-refractivity contribution in [3.63, 3.8) is 0 Å². The summed E-state index contributed by atoms with van der Waals surface area (Å²) < 4.78 is 28.5. The number of hydrogen-bond donors (Lipinski definition) is 0. The summed E-state index contributed by atoms with van der Waals surface area (Å²) in [6.45, 7) is 0.396. The van der Waals surface area contributed by atoms with E-state index in [1.54, 1.807) is 19.1 Å². The van der Waals surface area contributed by atoms with Crippen molar-refractivity contribution in [2.75, 3.05) is 25.7 Å². The second-order valence-corrected chi connectivity index (χ2v) is 9.08. The second-order valence-electron chi connectivity index (χ2n) is 6.85. The molecule has 8 nitrogen and oxygen atoms in total. The number of ether oxygens (including phenoxy) is 1. The van der Waals surface area contributed by atoms with Crippen LogP contribution in [0.25, 0.3) is 0 Å². The minimum Gasteiger partial charge on any atom is -0.497 e. The number of nitrogens with zero attached hydrogens (tertiary/aromatic N) is 3. The van der Waals surface area contributed by atoms with Crippen molar-refractivity contribution in [3.05, 3.63) is 29.8 Å². The van der Waals surface area contributed by atoms with Crippen LogP contribution in [0.1, 0.15) is 24.8 Å². The quantitative estimate of drug-likeness (QED) is 0.738. The molecule has 2 aliphatic rings. The molecule has 0 spiro atoms. The number of hydrogen-bond acceptors (Lipinski definition) is 6. The fraction of sp³-hybridized carbons (Fsp3) is 0.500. The average molecular weight is 393 g/mol. The Bertz CT molecular complexity index is 863. The van der Waals surface area contributed by atoms with Crippen molar-refractivity contribution in [1.82, 2.24) is 9.91 Å².